The van der Waals surface area contributed by atoms with Crippen molar-refractivity contribution in [1.82, 2.24) is 9.55 Å². The van der Waals surface area contributed by atoms with Crippen LogP contribution in [0.15, 0.2) is 46.7 Å². The summed E-state index contributed by atoms with van der Waals surface area (Å²) in [5, 5.41) is 0. The fourth-order valence-electron chi connectivity index (χ4n) is 2.60. The summed E-state index contributed by atoms with van der Waals surface area (Å²) >= 11 is 3.67. The van der Waals surface area contributed by atoms with Gasteiger partial charge in [0.1, 0.15) is 0 Å². The summed E-state index contributed by atoms with van der Waals surface area (Å²) in [6.07, 6.45) is 13.9. The van der Waals surface area contributed by atoms with Gasteiger partial charge in [0.2, 0.25) is 0 Å². The standard InChI is InChI=1S/C17H24N2S2/c1-4-5-6-14(12-19-10-9-18-13-19)16-8-7-15(20-2)11-17(16)21-3/h7-11,13-14H,4-6,12H2,1-3H3. The molecule has 0 spiro atoms. The fraction of sp³-hybridized carbons (Fsp3) is 0.471. The quantitative estimate of drug-likeness (QED) is 0.615. The van der Waals surface area contributed by atoms with Gasteiger partial charge in [-0.3, -0.25) is 0 Å². The molecule has 1 heterocycles. The average Bonchev–Trinajstić information content (AvgIpc) is 3.03. The molecule has 0 saturated carbocycles. The Morgan fingerprint density at radius 2 is 2.10 bits per heavy atom. The van der Waals surface area contributed by atoms with Crippen LogP contribution in [-0.4, -0.2) is 22.1 Å². The van der Waals surface area contributed by atoms with E-state index in [2.05, 4.69) is 53.4 Å². The van der Waals surface area contributed by atoms with Gasteiger partial charge in [-0.15, -0.1) is 23.5 Å². The number of imidazole rings is 1. The Morgan fingerprint density at radius 3 is 2.71 bits per heavy atom. The molecule has 2 nitrogen and oxygen atoms in total. The van der Waals surface area contributed by atoms with Crippen LogP contribution in [0.5, 0.6) is 0 Å². The minimum atomic E-state index is 0.567. The lowest BCUT2D eigenvalue weighted by Crippen LogP contribution is -2.09. The van der Waals surface area contributed by atoms with Gasteiger partial charge >= 0.3 is 0 Å². The predicted octanol–water partition coefficient (Wildman–Crippen LogP) is 5.30. The van der Waals surface area contributed by atoms with E-state index < -0.39 is 0 Å². The lowest BCUT2D eigenvalue weighted by molar-refractivity contribution is 0.499. The van der Waals surface area contributed by atoms with Crippen molar-refractivity contribution in [1.29, 1.82) is 0 Å². The van der Waals surface area contributed by atoms with Crippen LogP contribution in [0.3, 0.4) is 0 Å². The van der Waals surface area contributed by atoms with Gasteiger partial charge in [-0.1, -0.05) is 25.8 Å². The van der Waals surface area contributed by atoms with Crippen LogP contribution in [0.25, 0.3) is 0 Å². The maximum absolute atomic E-state index is 4.17. The van der Waals surface area contributed by atoms with E-state index in [1.807, 2.05) is 36.0 Å². The largest absolute Gasteiger partial charge is 0.337 e. The molecule has 4 heteroatoms. The minimum absolute atomic E-state index is 0.567. The van der Waals surface area contributed by atoms with E-state index in [9.17, 15) is 0 Å². The Balaban J connectivity index is 2.26. The van der Waals surface area contributed by atoms with E-state index in [0.717, 1.165) is 6.54 Å². The molecule has 0 aliphatic heterocycles. The van der Waals surface area contributed by atoms with Gasteiger partial charge in [-0.05, 0) is 36.6 Å². The molecule has 0 radical (unpaired) electrons. The van der Waals surface area contributed by atoms with Crippen molar-refractivity contribution in [2.24, 2.45) is 0 Å². The first kappa shape index (κ1) is 16.5. The molecule has 1 unspecified atom stereocenters. The number of nitrogens with zero attached hydrogens (tertiary/aromatic N) is 2. The second-order valence-corrected chi connectivity index (χ2v) is 6.93. The highest BCUT2D eigenvalue weighted by Gasteiger charge is 2.16. The monoisotopic (exact) mass is 320 g/mol. The first-order valence-corrected chi connectivity index (χ1v) is 9.91. The van der Waals surface area contributed by atoms with Crippen LogP contribution in [0.4, 0.5) is 0 Å². The molecule has 0 N–H and O–H groups in total. The molecule has 1 aromatic heterocycles. The van der Waals surface area contributed by atoms with Crippen molar-refractivity contribution in [3.05, 3.63) is 42.5 Å². The van der Waals surface area contributed by atoms with Gasteiger partial charge in [-0.25, -0.2) is 4.98 Å². The van der Waals surface area contributed by atoms with E-state index in [4.69, 9.17) is 0 Å². The number of hydrogen-bond acceptors (Lipinski definition) is 3. The number of rotatable bonds is 8. The van der Waals surface area contributed by atoms with Gasteiger partial charge in [0.15, 0.2) is 0 Å². The van der Waals surface area contributed by atoms with Gasteiger partial charge in [0.05, 0.1) is 6.33 Å². The molecule has 0 saturated heterocycles. The summed E-state index contributed by atoms with van der Waals surface area (Å²) < 4.78 is 2.20. The Morgan fingerprint density at radius 1 is 1.24 bits per heavy atom. The Kier molecular flexibility index (Phi) is 6.71. The maximum Gasteiger partial charge on any atom is 0.0946 e. The van der Waals surface area contributed by atoms with Crippen LogP contribution >= 0.6 is 23.5 Å². The molecule has 0 aliphatic rings. The summed E-state index contributed by atoms with van der Waals surface area (Å²) in [5.74, 6) is 0.567. The zero-order chi connectivity index (χ0) is 15.1. The third-order valence-corrected chi connectivity index (χ3v) is 5.30. The van der Waals surface area contributed by atoms with Crippen LogP contribution in [0.1, 0.15) is 37.7 Å². The SMILES string of the molecule is CCCCC(Cn1ccnc1)c1ccc(SC)cc1SC. The average molecular weight is 321 g/mol. The van der Waals surface area contributed by atoms with Crippen LogP contribution in [0, 0.1) is 0 Å². The van der Waals surface area contributed by atoms with Gasteiger partial charge in [0, 0.05) is 34.6 Å². The van der Waals surface area contributed by atoms with Crippen LogP contribution < -0.4 is 0 Å². The number of unbranched alkanes of at least 4 members (excludes halogenated alkanes) is 1. The Bertz CT molecular complexity index is 538. The normalized spacial score (nSPS) is 12.5. The summed E-state index contributed by atoms with van der Waals surface area (Å²) in [5.41, 5.74) is 1.49. The van der Waals surface area contributed by atoms with Gasteiger partial charge < -0.3 is 4.57 Å². The second-order valence-electron chi connectivity index (χ2n) is 5.21. The van der Waals surface area contributed by atoms with Crippen molar-refractivity contribution in [3.63, 3.8) is 0 Å². The molecule has 1 atom stereocenters. The van der Waals surface area contributed by atoms with E-state index in [1.165, 1.54) is 34.6 Å². The topological polar surface area (TPSA) is 17.8 Å². The molecule has 0 bridgehead atoms. The molecular weight excluding hydrogens is 296 g/mol. The highest BCUT2D eigenvalue weighted by Crippen LogP contribution is 2.34. The highest BCUT2D eigenvalue weighted by molar-refractivity contribution is 7.99. The molecule has 0 amide bonds. The maximum atomic E-state index is 4.17. The lowest BCUT2D eigenvalue weighted by atomic mass is 9.93. The van der Waals surface area contributed by atoms with E-state index in [0.29, 0.717) is 5.92 Å². The first-order valence-electron chi connectivity index (χ1n) is 7.46. The highest BCUT2D eigenvalue weighted by atomic mass is 32.2. The van der Waals surface area contributed by atoms with E-state index in [-0.39, 0.29) is 0 Å². The molecule has 1 aromatic carbocycles. The zero-order valence-corrected chi connectivity index (χ0v) is 14.7. The summed E-state index contributed by atoms with van der Waals surface area (Å²) in [6, 6.07) is 6.92. The molecule has 2 rings (SSSR count). The summed E-state index contributed by atoms with van der Waals surface area (Å²) in [4.78, 5) is 6.94. The number of hydrogen-bond donors (Lipinski definition) is 0. The predicted molar refractivity (Wildman–Crippen MR) is 94.5 cm³/mol. The molecule has 0 fully saturated rings. The van der Waals surface area contributed by atoms with Gasteiger partial charge in [-0.2, -0.15) is 0 Å². The molecular formula is C17H24N2S2. The van der Waals surface area contributed by atoms with Crippen molar-refractivity contribution >= 4 is 23.5 Å². The molecule has 21 heavy (non-hydrogen) atoms. The van der Waals surface area contributed by atoms with Crippen molar-refractivity contribution < 1.29 is 0 Å². The van der Waals surface area contributed by atoms with Crippen molar-refractivity contribution in [2.45, 2.75) is 48.4 Å². The lowest BCUT2D eigenvalue weighted by Gasteiger charge is -2.21. The third kappa shape index (κ3) is 4.55. The van der Waals surface area contributed by atoms with Gasteiger partial charge in [0.25, 0.3) is 0 Å². The van der Waals surface area contributed by atoms with Crippen molar-refractivity contribution in [2.75, 3.05) is 12.5 Å². The smallest absolute Gasteiger partial charge is 0.0946 e. The summed E-state index contributed by atoms with van der Waals surface area (Å²) in [6.45, 7) is 3.28. The number of thioether (sulfide) groups is 2. The fourth-order valence-corrected chi connectivity index (χ4v) is 3.83. The molecule has 114 valence electrons. The van der Waals surface area contributed by atoms with Crippen molar-refractivity contribution in [3.8, 4) is 0 Å². The number of aromatic nitrogens is 2. The summed E-state index contributed by atoms with van der Waals surface area (Å²) in [7, 11) is 0. The first-order chi connectivity index (χ1) is 10.3. The Labute approximate surface area is 136 Å². The Hall–Kier alpha value is -0.870. The number of benzene rings is 1. The second kappa shape index (κ2) is 8.54. The van der Waals surface area contributed by atoms with E-state index in [1.54, 1.807) is 0 Å². The third-order valence-electron chi connectivity index (χ3n) is 3.78. The molecule has 0 aliphatic carbocycles. The zero-order valence-electron chi connectivity index (χ0n) is 13.1. The van der Waals surface area contributed by atoms with Crippen LogP contribution in [-0.2, 0) is 6.54 Å². The molecule has 2 aromatic rings. The van der Waals surface area contributed by atoms with E-state index >= 15 is 0 Å². The van der Waals surface area contributed by atoms with Crippen LogP contribution in [0.2, 0.25) is 0 Å². The minimum Gasteiger partial charge on any atom is -0.337 e.